The van der Waals surface area contributed by atoms with Gasteiger partial charge in [-0.05, 0) is 112 Å². The fourth-order valence-corrected chi connectivity index (χ4v) is 6.10. The van der Waals surface area contributed by atoms with Gasteiger partial charge in [0.15, 0.2) is 0 Å². The van der Waals surface area contributed by atoms with Gasteiger partial charge in [-0.2, -0.15) is 0 Å². The average Bonchev–Trinajstić information content (AvgIpc) is 3.09. The quantitative estimate of drug-likeness (QED) is 0.212. The van der Waals surface area contributed by atoms with Crippen LogP contribution in [0.2, 0.25) is 0 Å². The molecule has 2 atom stereocenters. The van der Waals surface area contributed by atoms with Gasteiger partial charge in [-0.1, -0.05) is 42.5 Å². The number of benzene rings is 3. The van der Waals surface area contributed by atoms with Crippen LogP contribution in [-0.4, -0.2) is 52.5 Å². The average molecular weight is 683 g/mol. The smallest absolute Gasteiger partial charge is 0.127 e. The SMILES string of the molecule is COc1cc(C)ccc1-c1cccnc1.COc1cc(C)ccc1[C@@H]1CCCNC1.COc1cc(C)ccc1[C@H]1CCCNC1.Cl.Cl. The van der Waals surface area contributed by atoms with Crippen molar-refractivity contribution in [2.75, 3.05) is 47.5 Å². The largest absolute Gasteiger partial charge is 0.496 e. The van der Waals surface area contributed by atoms with Crippen LogP contribution in [-0.2, 0) is 0 Å². The standard InChI is InChI=1S/2C13H19NO.C13H13NO.2ClH/c3*1-10-5-6-12(13(8-10)15-2)11-4-3-7-14-9-11;;/h2*5-6,8,11,14H,3-4,7,9H2,1-2H3;3-9H,1-2H3;2*1H/t2*11-;;;/m10.../s1. The first-order valence-corrected chi connectivity index (χ1v) is 16.2. The topological polar surface area (TPSA) is 64.6 Å². The molecule has 0 bridgehead atoms. The van der Waals surface area contributed by atoms with Crippen molar-refractivity contribution in [1.29, 1.82) is 0 Å². The summed E-state index contributed by atoms with van der Waals surface area (Å²) in [6.07, 6.45) is 8.68. The van der Waals surface area contributed by atoms with E-state index in [0.29, 0.717) is 11.8 Å². The van der Waals surface area contributed by atoms with Crippen LogP contribution >= 0.6 is 24.8 Å². The summed E-state index contributed by atoms with van der Waals surface area (Å²) in [4.78, 5) is 4.10. The maximum Gasteiger partial charge on any atom is 0.127 e. The molecule has 6 nitrogen and oxygen atoms in total. The van der Waals surface area contributed by atoms with E-state index in [9.17, 15) is 0 Å². The molecule has 256 valence electrons. The molecular formula is C39H53Cl2N3O3. The molecule has 2 fully saturated rings. The number of ether oxygens (including phenoxy) is 3. The molecule has 1 aromatic heterocycles. The summed E-state index contributed by atoms with van der Waals surface area (Å²) >= 11 is 0. The molecule has 8 heteroatoms. The van der Waals surface area contributed by atoms with Gasteiger partial charge in [-0.3, -0.25) is 4.98 Å². The lowest BCUT2D eigenvalue weighted by Crippen LogP contribution is -2.28. The van der Waals surface area contributed by atoms with E-state index in [-0.39, 0.29) is 24.8 Å². The first-order chi connectivity index (χ1) is 21.9. The number of pyridine rings is 1. The van der Waals surface area contributed by atoms with E-state index in [2.05, 4.69) is 84.9 Å². The minimum Gasteiger partial charge on any atom is -0.496 e. The second-order valence-electron chi connectivity index (χ2n) is 12.0. The Kier molecular flexibility index (Phi) is 17.7. The van der Waals surface area contributed by atoms with E-state index in [1.807, 2.05) is 24.4 Å². The normalized spacial score (nSPS) is 16.8. The van der Waals surface area contributed by atoms with Crippen LogP contribution in [0.15, 0.2) is 79.1 Å². The van der Waals surface area contributed by atoms with Gasteiger partial charge in [0.05, 0.1) is 21.3 Å². The highest BCUT2D eigenvalue weighted by Crippen LogP contribution is 2.33. The molecule has 0 unspecified atom stereocenters. The minimum absolute atomic E-state index is 0. The number of piperidine rings is 2. The molecule has 47 heavy (non-hydrogen) atoms. The van der Waals surface area contributed by atoms with Gasteiger partial charge in [0.1, 0.15) is 17.2 Å². The molecule has 6 rings (SSSR count). The van der Waals surface area contributed by atoms with Crippen LogP contribution in [0, 0.1) is 20.8 Å². The highest BCUT2D eigenvalue weighted by atomic mass is 35.5. The van der Waals surface area contributed by atoms with Crippen LogP contribution in [0.3, 0.4) is 0 Å². The molecule has 0 aliphatic carbocycles. The zero-order chi connectivity index (χ0) is 32.0. The number of aromatic nitrogens is 1. The van der Waals surface area contributed by atoms with Gasteiger partial charge in [-0.25, -0.2) is 0 Å². The third-order valence-electron chi connectivity index (χ3n) is 8.58. The molecule has 0 radical (unpaired) electrons. The van der Waals surface area contributed by atoms with Crippen molar-refractivity contribution in [1.82, 2.24) is 15.6 Å². The fourth-order valence-electron chi connectivity index (χ4n) is 6.10. The number of hydrogen-bond acceptors (Lipinski definition) is 6. The van der Waals surface area contributed by atoms with Crippen LogP contribution < -0.4 is 24.8 Å². The predicted molar refractivity (Wildman–Crippen MR) is 201 cm³/mol. The Bertz CT molecular complexity index is 1410. The summed E-state index contributed by atoms with van der Waals surface area (Å²) in [5.41, 5.74) is 8.59. The summed E-state index contributed by atoms with van der Waals surface area (Å²) in [6, 6.07) is 23.2. The van der Waals surface area contributed by atoms with E-state index in [1.165, 1.54) is 53.5 Å². The second-order valence-corrected chi connectivity index (χ2v) is 12.0. The Balaban J connectivity index is 0.000000240. The van der Waals surface area contributed by atoms with Gasteiger partial charge in [-0.15, -0.1) is 24.8 Å². The van der Waals surface area contributed by atoms with Gasteiger partial charge in [0.2, 0.25) is 0 Å². The Morgan fingerprint density at radius 2 is 1.09 bits per heavy atom. The number of halogens is 2. The van der Waals surface area contributed by atoms with E-state index < -0.39 is 0 Å². The van der Waals surface area contributed by atoms with Gasteiger partial charge >= 0.3 is 0 Å². The molecule has 2 N–H and O–H groups in total. The van der Waals surface area contributed by atoms with Crippen molar-refractivity contribution in [3.63, 3.8) is 0 Å². The molecule has 2 aliphatic rings. The van der Waals surface area contributed by atoms with E-state index in [0.717, 1.165) is 54.6 Å². The van der Waals surface area contributed by atoms with Crippen molar-refractivity contribution in [2.24, 2.45) is 0 Å². The fraction of sp³-hybridized carbons (Fsp3) is 0.410. The van der Waals surface area contributed by atoms with Crippen molar-refractivity contribution >= 4 is 24.8 Å². The lowest BCUT2D eigenvalue weighted by molar-refractivity contribution is 0.392. The molecule has 2 saturated heterocycles. The maximum atomic E-state index is 5.45. The number of rotatable bonds is 6. The Labute approximate surface area is 294 Å². The predicted octanol–water partition coefficient (Wildman–Crippen LogP) is 8.85. The molecule has 3 aromatic carbocycles. The zero-order valence-electron chi connectivity index (χ0n) is 28.8. The molecular weight excluding hydrogens is 629 g/mol. The Morgan fingerprint density at radius 1 is 0.617 bits per heavy atom. The van der Waals surface area contributed by atoms with Crippen molar-refractivity contribution in [3.8, 4) is 28.4 Å². The summed E-state index contributed by atoms with van der Waals surface area (Å²) in [5.74, 6) is 4.22. The van der Waals surface area contributed by atoms with Crippen LogP contribution in [0.5, 0.6) is 17.2 Å². The van der Waals surface area contributed by atoms with Crippen LogP contribution in [0.4, 0.5) is 0 Å². The highest BCUT2D eigenvalue weighted by molar-refractivity contribution is 5.85. The van der Waals surface area contributed by atoms with E-state index in [4.69, 9.17) is 14.2 Å². The van der Waals surface area contributed by atoms with Gasteiger partial charge in [0, 0.05) is 48.4 Å². The van der Waals surface area contributed by atoms with Gasteiger partial charge < -0.3 is 24.8 Å². The number of hydrogen-bond donors (Lipinski definition) is 2. The lowest BCUT2D eigenvalue weighted by Gasteiger charge is -2.24. The summed E-state index contributed by atoms with van der Waals surface area (Å²) in [6.45, 7) is 10.7. The number of nitrogens with one attached hydrogen (secondary N) is 2. The van der Waals surface area contributed by atoms with Gasteiger partial charge in [0.25, 0.3) is 0 Å². The zero-order valence-corrected chi connectivity index (χ0v) is 30.4. The third-order valence-corrected chi connectivity index (χ3v) is 8.58. The second kappa shape index (κ2) is 20.8. The number of methoxy groups -OCH3 is 3. The highest BCUT2D eigenvalue weighted by Gasteiger charge is 2.19. The molecule has 3 heterocycles. The first kappa shape index (κ1) is 39.9. The molecule has 0 spiro atoms. The third kappa shape index (κ3) is 11.7. The Hall–Kier alpha value is -3.29. The summed E-state index contributed by atoms with van der Waals surface area (Å²) in [5, 5.41) is 6.89. The molecule has 0 saturated carbocycles. The lowest BCUT2D eigenvalue weighted by atomic mass is 9.90. The maximum absolute atomic E-state index is 5.45. The van der Waals surface area contributed by atoms with Crippen molar-refractivity contribution < 1.29 is 14.2 Å². The van der Waals surface area contributed by atoms with Crippen LogP contribution in [0.25, 0.3) is 11.1 Å². The molecule has 4 aromatic rings. The first-order valence-electron chi connectivity index (χ1n) is 16.2. The number of nitrogens with zero attached hydrogens (tertiary/aromatic N) is 1. The monoisotopic (exact) mass is 681 g/mol. The van der Waals surface area contributed by atoms with Crippen molar-refractivity contribution in [2.45, 2.75) is 58.3 Å². The molecule has 2 aliphatic heterocycles. The summed E-state index contributed by atoms with van der Waals surface area (Å²) < 4.78 is 16.3. The summed E-state index contributed by atoms with van der Waals surface area (Å²) in [7, 11) is 5.21. The molecule has 0 amide bonds. The van der Waals surface area contributed by atoms with E-state index in [1.54, 1.807) is 27.5 Å². The Morgan fingerprint density at radius 3 is 1.49 bits per heavy atom. The van der Waals surface area contributed by atoms with Crippen LogP contribution in [0.1, 0.15) is 65.3 Å². The minimum atomic E-state index is 0. The van der Waals surface area contributed by atoms with Crippen molar-refractivity contribution in [3.05, 3.63) is 107 Å². The van der Waals surface area contributed by atoms with E-state index >= 15 is 0 Å². The number of aryl methyl sites for hydroxylation is 3.